The molecule has 0 aromatic carbocycles. The average Bonchev–Trinajstić information content (AvgIpc) is 1.58. The number of hydrogen-bond acceptors (Lipinski definition) is 3. The molecule has 0 aliphatic rings. The molecule has 62 valence electrons. The van der Waals surface area contributed by atoms with Gasteiger partial charge >= 0.3 is 115 Å². The van der Waals surface area contributed by atoms with Crippen molar-refractivity contribution in [3.8, 4) is 0 Å². The fourth-order valence-corrected chi connectivity index (χ4v) is 0.475. The molecule has 0 aliphatic heterocycles. The van der Waals surface area contributed by atoms with Gasteiger partial charge in [-0.15, -0.1) is 0 Å². The van der Waals surface area contributed by atoms with Crippen LogP contribution in [0.2, 0.25) is 0 Å². The second kappa shape index (κ2) is 11.2. The van der Waals surface area contributed by atoms with Crippen LogP contribution in [0.15, 0.2) is 0 Å². The van der Waals surface area contributed by atoms with E-state index in [4.69, 9.17) is 15.3 Å². The maximum atomic E-state index is 9.84. The van der Waals surface area contributed by atoms with Crippen molar-refractivity contribution in [3.63, 3.8) is 0 Å². The van der Waals surface area contributed by atoms with Crippen LogP contribution in [0.4, 0.5) is 0 Å². The fourth-order valence-electron chi connectivity index (χ4n) is 0.475. The van der Waals surface area contributed by atoms with Crippen molar-refractivity contribution >= 4 is 115 Å². The Morgan fingerprint density at radius 1 is 1.00 bits per heavy atom. The van der Waals surface area contributed by atoms with Crippen LogP contribution in [0.3, 0.4) is 0 Å². The van der Waals surface area contributed by atoms with Crippen molar-refractivity contribution in [2.45, 2.75) is 18.9 Å². The van der Waals surface area contributed by atoms with Crippen molar-refractivity contribution in [2.24, 2.45) is 0 Å². The van der Waals surface area contributed by atoms with Gasteiger partial charge in [0.2, 0.25) is 0 Å². The van der Waals surface area contributed by atoms with Crippen LogP contribution in [-0.2, 0) is 9.59 Å². The fraction of sp³-hybridized carbons (Fsp3) is 0.600. The summed E-state index contributed by atoms with van der Waals surface area (Å²) in [6.45, 7) is 0. The van der Waals surface area contributed by atoms with Crippen molar-refractivity contribution in [1.29, 1.82) is 0 Å². The quantitative estimate of drug-likeness (QED) is 0.484. The molecule has 0 aromatic heterocycles. The Kier molecular flexibility index (Phi) is 18.5. The number of carboxylic acid groups (broad SMARTS) is 2. The summed E-state index contributed by atoms with van der Waals surface area (Å²) < 4.78 is 0. The van der Waals surface area contributed by atoms with Crippen molar-refractivity contribution in [1.82, 2.24) is 0 Å². The van der Waals surface area contributed by atoms with Gasteiger partial charge in [-0.2, -0.15) is 0 Å². The zero-order valence-electron chi connectivity index (χ0n) is 5.15. The molecular weight excluding hydrogens is 218 g/mol. The van der Waals surface area contributed by atoms with Crippen molar-refractivity contribution < 1.29 is 24.9 Å². The van der Waals surface area contributed by atoms with Gasteiger partial charge in [0.15, 0.2) is 0 Å². The van der Waals surface area contributed by atoms with Gasteiger partial charge in [0.25, 0.3) is 0 Å². The summed E-state index contributed by atoms with van der Waals surface area (Å²) in [7, 11) is 0. The Labute approximate surface area is 155 Å². The Balaban J connectivity index is -0.000000405. The van der Waals surface area contributed by atoms with Crippen LogP contribution in [0, 0.1) is 0 Å². The summed E-state index contributed by atoms with van der Waals surface area (Å²) in [6, 6.07) is 0. The minimum atomic E-state index is -1.28. The molecule has 5 nitrogen and oxygen atoms in total. The average molecular weight is 228 g/mol. The third kappa shape index (κ3) is 14.7. The maximum absolute atomic E-state index is 9.84. The summed E-state index contributed by atoms with van der Waals surface area (Å²) in [4.78, 5) is 19.7. The number of carboxylic acids is 2. The molecule has 3 N–H and O–H groups in total. The van der Waals surface area contributed by atoms with Crippen LogP contribution in [0.25, 0.3) is 0 Å². The second-order valence-corrected chi connectivity index (χ2v) is 1.85. The third-order valence-electron chi connectivity index (χ3n) is 0.820. The van der Waals surface area contributed by atoms with E-state index in [1.807, 2.05) is 0 Å². The Morgan fingerprint density at radius 2 is 1.25 bits per heavy atom. The predicted molar refractivity (Wildman–Crippen MR) is 44.8 cm³/mol. The monoisotopic (exact) mass is 228 g/mol. The summed E-state index contributed by atoms with van der Waals surface area (Å²) >= 11 is 0. The predicted octanol–water partition coefficient (Wildman–Crippen LogP) is -2.00. The molecule has 0 aliphatic carbocycles. The molecule has 0 unspecified atom stereocenters. The van der Waals surface area contributed by atoms with Gasteiger partial charge in [0.1, 0.15) is 0 Å². The second-order valence-electron chi connectivity index (χ2n) is 1.85. The van der Waals surface area contributed by atoms with Crippen LogP contribution in [0.5, 0.6) is 0 Å². The number of aliphatic hydroxyl groups is 1. The SMILES string of the molecule is O=C(O)CC(O)CC(=O)O.[KH].[KH]. The van der Waals surface area contributed by atoms with Gasteiger partial charge in [0, 0.05) is 0 Å². The summed E-state index contributed by atoms with van der Waals surface area (Å²) in [5.74, 6) is -2.40. The summed E-state index contributed by atoms with van der Waals surface area (Å²) in [5, 5.41) is 24.7. The Hall–Kier alpha value is 2.17. The summed E-state index contributed by atoms with van der Waals surface area (Å²) in [6.07, 6.45) is -2.33. The molecular formula is C5H10K2O5. The molecule has 0 aromatic rings. The zero-order chi connectivity index (χ0) is 8.15. The molecule has 7 heteroatoms. The number of carbonyl (C=O) groups is 2. The Morgan fingerprint density at radius 3 is 1.42 bits per heavy atom. The molecule has 0 atom stereocenters. The van der Waals surface area contributed by atoms with Gasteiger partial charge < -0.3 is 15.3 Å². The van der Waals surface area contributed by atoms with Crippen LogP contribution in [0.1, 0.15) is 12.8 Å². The van der Waals surface area contributed by atoms with Crippen LogP contribution in [-0.4, -0.2) is 136 Å². The van der Waals surface area contributed by atoms with Gasteiger partial charge in [-0.05, 0) is 0 Å². The number of hydrogen-bond donors (Lipinski definition) is 3. The summed E-state index contributed by atoms with van der Waals surface area (Å²) in [5.41, 5.74) is 0. The molecule has 12 heavy (non-hydrogen) atoms. The van der Waals surface area contributed by atoms with E-state index >= 15 is 0 Å². The number of aliphatic hydroxyl groups excluding tert-OH is 1. The molecule has 0 bridgehead atoms. The molecule has 0 saturated carbocycles. The van der Waals surface area contributed by atoms with Crippen LogP contribution >= 0.6 is 0 Å². The first kappa shape index (κ1) is 19.7. The van der Waals surface area contributed by atoms with Crippen molar-refractivity contribution in [2.75, 3.05) is 0 Å². The van der Waals surface area contributed by atoms with Crippen molar-refractivity contribution in [3.05, 3.63) is 0 Å². The number of aliphatic carboxylic acids is 2. The Bertz CT molecular complexity index is 133. The van der Waals surface area contributed by atoms with E-state index in [2.05, 4.69) is 0 Å². The molecule has 0 radical (unpaired) electrons. The molecule has 0 fully saturated rings. The van der Waals surface area contributed by atoms with E-state index in [0.29, 0.717) is 0 Å². The molecule has 0 saturated heterocycles. The minimum absolute atomic E-state index is 0. The van der Waals surface area contributed by atoms with E-state index < -0.39 is 30.9 Å². The van der Waals surface area contributed by atoms with Gasteiger partial charge in [-0.3, -0.25) is 9.59 Å². The van der Waals surface area contributed by atoms with E-state index in [1.54, 1.807) is 0 Å². The third-order valence-corrected chi connectivity index (χ3v) is 0.820. The first-order valence-electron chi connectivity index (χ1n) is 2.64. The number of rotatable bonds is 4. The molecule has 0 spiro atoms. The first-order valence-corrected chi connectivity index (χ1v) is 2.64. The normalized spacial score (nSPS) is 8.17. The van der Waals surface area contributed by atoms with E-state index in [0.717, 1.165) is 0 Å². The molecule has 0 amide bonds. The van der Waals surface area contributed by atoms with Crippen LogP contribution < -0.4 is 0 Å². The van der Waals surface area contributed by atoms with E-state index in [1.165, 1.54) is 0 Å². The van der Waals surface area contributed by atoms with Gasteiger partial charge in [0.05, 0.1) is 18.9 Å². The molecule has 0 rings (SSSR count). The van der Waals surface area contributed by atoms with E-state index in [-0.39, 0.29) is 103 Å². The standard InChI is InChI=1S/C5H8O5.2K.2H/c6-3(1-4(7)8)2-5(9)10;;;;/h3,6H,1-2H2,(H,7,8)(H,9,10);;;;. The molecule has 0 heterocycles. The first-order chi connectivity index (χ1) is 4.52. The van der Waals surface area contributed by atoms with Gasteiger partial charge in [-0.25, -0.2) is 0 Å². The van der Waals surface area contributed by atoms with Gasteiger partial charge in [-0.1, -0.05) is 0 Å². The van der Waals surface area contributed by atoms with E-state index in [9.17, 15) is 9.59 Å². The zero-order valence-corrected chi connectivity index (χ0v) is 5.15. The topological polar surface area (TPSA) is 94.8 Å².